The number of hydrogen-bond donors (Lipinski definition) is 1. The van der Waals surface area contributed by atoms with Gasteiger partial charge in [0.1, 0.15) is 11.2 Å². The van der Waals surface area contributed by atoms with E-state index >= 15 is 0 Å². The predicted molar refractivity (Wildman–Crippen MR) is 64.6 cm³/mol. The van der Waals surface area contributed by atoms with Gasteiger partial charge in [0.15, 0.2) is 5.79 Å². The molecule has 1 heterocycles. The van der Waals surface area contributed by atoms with Crippen molar-refractivity contribution in [3.05, 3.63) is 0 Å². The van der Waals surface area contributed by atoms with E-state index in [0.29, 0.717) is 5.41 Å². The summed E-state index contributed by atoms with van der Waals surface area (Å²) in [6.07, 6.45) is 3.69. The maximum Gasteiger partial charge on any atom is 0.164 e. The average molecular weight is 237 g/mol. The third kappa shape index (κ3) is 0.799. The molecule has 0 radical (unpaired) electrons. The molecule has 1 spiro atoms. The van der Waals surface area contributed by atoms with Crippen molar-refractivity contribution < 1.29 is 9.47 Å². The third-order valence-corrected chi connectivity index (χ3v) is 6.34. The van der Waals surface area contributed by atoms with Gasteiger partial charge in [-0.05, 0) is 58.5 Å². The lowest BCUT2D eigenvalue weighted by atomic mass is 9.20. The Balaban J connectivity index is 1.73. The van der Waals surface area contributed by atoms with E-state index < -0.39 is 0 Å². The number of nitrogens with one attached hydrogen (secondary N) is 1. The first-order valence-corrected chi connectivity index (χ1v) is 6.97. The van der Waals surface area contributed by atoms with Crippen molar-refractivity contribution in [2.45, 2.75) is 57.0 Å². The van der Waals surface area contributed by atoms with Gasteiger partial charge in [-0.1, -0.05) is 6.92 Å². The zero-order chi connectivity index (χ0) is 12.1. The Morgan fingerprint density at radius 2 is 2.00 bits per heavy atom. The van der Waals surface area contributed by atoms with Crippen molar-refractivity contribution in [1.29, 1.82) is 0 Å². The maximum absolute atomic E-state index is 6.42. The molecule has 4 fully saturated rings. The monoisotopic (exact) mass is 237 g/mol. The molecule has 1 saturated heterocycles. The zero-order valence-corrected chi connectivity index (χ0v) is 11.3. The molecule has 0 aromatic carbocycles. The second kappa shape index (κ2) is 2.59. The highest BCUT2D eigenvalue weighted by Crippen LogP contribution is 2.89. The molecule has 1 aliphatic heterocycles. The molecule has 5 atom stereocenters. The minimum Gasteiger partial charge on any atom is -0.341 e. The summed E-state index contributed by atoms with van der Waals surface area (Å²) in [5, 5.41) is 3.27. The fraction of sp³-hybridized carbons (Fsp3) is 1.00. The normalized spacial score (nSPS) is 60.7. The van der Waals surface area contributed by atoms with Crippen LogP contribution < -0.4 is 5.32 Å². The molecule has 1 unspecified atom stereocenters. The smallest absolute Gasteiger partial charge is 0.164 e. The topological polar surface area (TPSA) is 30.5 Å². The summed E-state index contributed by atoms with van der Waals surface area (Å²) in [7, 11) is 2.02. The van der Waals surface area contributed by atoms with Crippen molar-refractivity contribution in [2.75, 3.05) is 13.6 Å². The van der Waals surface area contributed by atoms with Crippen LogP contribution in [0.2, 0.25) is 0 Å². The average Bonchev–Trinajstić information content (AvgIpc) is 2.52. The van der Waals surface area contributed by atoms with Crippen LogP contribution in [-0.4, -0.2) is 30.6 Å². The molecule has 0 amide bonds. The molecule has 0 aromatic heterocycles. The second-order valence-electron chi connectivity index (χ2n) is 7.15. The van der Waals surface area contributed by atoms with Crippen LogP contribution in [0.25, 0.3) is 0 Å². The lowest BCUT2D eigenvalue weighted by Gasteiger charge is -2.87. The van der Waals surface area contributed by atoms with Crippen molar-refractivity contribution in [1.82, 2.24) is 5.32 Å². The number of rotatable bonds is 3. The Bertz CT molecular complexity index is 396. The largest absolute Gasteiger partial charge is 0.341 e. The van der Waals surface area contributed by atoms with Gasteiger partial charge in [-0.15, -0.1) is 0 Å². The zero-order valence-electron chi connectivity index (χ0n) is 11.3. The summed E-state index contributed by atoms with van der Waals surface area (Å²) in [4.78, 5) is 0. The van der Waals surface area contributed by atoms with Crippen molar-refractivity contribution in [2.24, 2.45) is 17.3 Å². The van der Waals surface area contributed by atoms with Crippen LogP contribution in [0.1, 0.15) is 40.0 Å². The number of fused-ring (bicyclic) bond motifs is 1. The lowest BCUT2D eigenvalue weighted by molar-refractivity contribution is -0.436. The van der Waals surface area contributed by atoms with Gasteiger partial charge in [-0.25, -0.2) is 0 Å². The summed E-state index contributed by atoms with van der Waals surface area (Å²) in [6, 6.07) is 0. The van der Waals surface area contributed by atoms with Gasteiger partial charge in [-0.2, -0.15) is 0 Å². The van der Waals surface area contributed by atoms with E-state index in [4.69, 9.17) is 9.47 Å². The highest BCUT2D eigenvalue weighted by atomic mass is 16.8. The molecule has 96 valence electrons. The summed E-state index contributed by atoms with van der Waals surface area (Å²) >= 11 is 0. The van der Waals surface area contributed by atoms with Gasteiger partial charge in [0.25, 0.3) is 0 Å². The standard InChI is InChI=1S/C14H23NO2/c1-11(2)16-13(5-6-15-4)10-7-9-8-14(13,17-11)12(9,10)3/h9-10,15H,5-8H2,1-4H3/t9-,10-,12?,13-,14+/m1/s1. The minimum absolute atomic E-state index is 0.0169. The third-order valence-electron chi connectivity index (χ3n) is 6.34. The van der Waals surface area contributed by atoms with Crippen LogP contribution in [0.4, 0.5) is 0 Å². The molecule has 0 bridgehead atoms. The van der Waals surface area contributed by atoms with Gasteiger partial charge < -0.3 is 14.8 Å². The Morgan fingerprint density at radius 1 is 1.24 bits per heavy atom. The van der Waals surface area contributed by atoms with Gasteiger partial charge in [0.05, 0.1) is 0 Å². The molecular weight excluding hydrogens is 214 g/mol. The van der Waals surface area contributed by atoms with E-state index in [1.807, 2.05) is 7.05 Å². The Labute approximate surface area is 103 Å². The summed E-state index contributed by atoms with van der Waals surface area (Å²) in [5.74, 6) is 1.26. The van der Waals surface area contributed by atoms with Crippen LogP contribution >= 0.6 is 0 Å². The molecule has 3 heteroatoms. The SMILES string of the molecule is CNCC[C@]12OC(C)(C)O[C@]13C[C@H]1C[C@@H]2C13C. The second-order valence-corrected chi connectivity index (χ2v) is 7.15. The van der Waals surface area contributed by atoms with E-state index in [0.717, 1.165) is 24.8 Å². The summed E-state index contributed by atoms with van der Waals surface area (Å²) in [5.41, 5.74) is 0.505. The molecular formula is C14H23NO2. The molecule has 3 saturated carbocycles. The summed E-state index contributed by atoms with van der Waals surface area (Å²) in [6.45, 7) is 7.62. The van der Waals surface area contributed by atoms with Crippen LogP contribution in [0, 0.1) is 17.3 Å². The first kappa shape index (κ1) is 10.8. The minimum atomic E-state index is -0.390. The molecule has 4 rings (SSSR count). The van der Waals surface area contributed by atoms with Crippen LogP contribution in [0.5, 0.6) is 0 Å². The first-order valence-electron chi connectivity index (χ1n) is 6.97. The quantitative estimate of drug-likeness (QED) is 0.813. The van der Waals surface area contributed by atoms with Crippen LogP contribution in [0.15, 0.2) is 0 Å². The summed E-state index contributed by atoms with van der Waals surface area (Å²) < 4.78 is 12.8. The maximum atomic E-state index is 6.42. The van der Waals surface area contributed by atoms with Crippen molar-refractivity contribution in [3.63, 3.8) is 0 Å². The van der Waals surface area contributed by atoms with Crippen LogP contribution in [0.3, 0.4) is 0 Å². The Morgan fingerprint density at radius 3 is 2.59 bits per heavy atom. The van der Waals surface area contributed by atoms with E-state index in [9.17, 15) is 0 Å². The number of ether oxygens (including phenoxy) is 2. The van der Waals surface area contributed by atoms with Gasteiger partial charge in [0.2, 0.25) is 0 Å². The van der Waals surface area contributed by atoms with Gasteiger partial charge in [-0.3, -0.25) is 0 Å². The van der Waals surface area contributed by atoms with E-state index in [2.05, 4.69) is 26.1 Å². The number of hydrogen-bond acceptors (Lipinski definition) is 3. The highest BCUT2D eigenvalue weighted by Gasteiger charge is 2.95. The molecule has 3 nitrogen and oxygen atoms in total. The van der Waals surface area contributed by atoms with E-state index in [1.165, 1.54) is 12.8 Å². The highest BCUT2D eigenvalue weighted by molar-refractivity contribution is 5.43. The van der Waals surface area contributed by atoms with Gasteiger partial charge >= 0.3 is 0 Å². The molecule has 4 aliphatic rings. The fourth-order valence-corrected chi connectivity index (χ4v) is 5.76. The lowest BCUT2D eigenvalue weighted by Crippen LogP contribution is -2.93. The van der Waals surface area contributed by atoms with Crippen molar-refractivity contribution >= 4 is 0 Å². The first-order chi connectivity index (χ1) is 7.92. The molecule has 3 aliphatic carbocycles. The van der Waals surface area contributed by atoms with E-state index in [-0.39, 0.29) is 17.0 Å². The Kier molecular flexibility index (Phi) is 1.64. The van der Waals surface area contributed by atoms with Crippen molar-refractivity contribution in [3.8, 4) is 0 Å². The van der Waals surface area contributed by atoms with E-state index in [1.54, 1.807) is 0 Å². The molecule has 0 aromatic rings. The van der Waals surface area contributed by atoms with Crippen LogP contribution in [-0.2, 0) is 9.47 Å². The molecule has 1 N–H and O–H groups in total. The fourth-order valence-electron chi connectivity index (χ4n) is 5.76. The molecule has 17 heavy (non-hydrogen) atoms. The van der Waals surface area contributed by atoms with Gasteiger partial charge in [0, 0.05) is 5.41 Å². The predicted octanol–water partition coefficient (Wildman–Crippen LogP) is 1.92. The Hall–Kier alpha value is -0.120.